The van der Waals surface area contributed by atoms with Crippen LogP contribution < -0.4 is 0 Å². The molecule has 0 bridgehead atoms. The minimum absolute atomic E-state index is 0.0481. The van der Waals surface area contributed by atoms with Crippen LogP contribution in [0.2, 0.25) is 0 Å². The molecule has 2 nitrogen and oxygen atoms in total. The quantitative estimate of drug-likeness (QED) is 0.753. The van der Waals surface area contributed by atoms with Crippen LogP contribution in [0.4, 0.5) is 8.78 Å². The molecule has 0 radical (unpaired) electrons. The minimum atomic E-state index is -0.545. The number of hydrogen-bond donors (Lipinski definition) is 0. The summed E-state index contributed by atoms with van der Waals surface area (Å²) in [7, 11) is 0. The van der Waals surface area contributed by atoms with Crippen molar-refractivity contribution in [1.29, 1.82) is 0 Å². The maximum absolute atomic E-state index is 13.5. The Hall–Kier alpha value is -1.42. The van der Waals surface area contributed by atoms with Crippen molar-refractivity contribution in [2.45, 2.75) is 12.8 Å². The van der Waals surface area contributed by atoms with E-state index in [-0.39, 0.29) is 28.7 Å². The van der Waals surface area contributed by atoms with E-state index in [1.165, 1.54) is 13.1 Å². The van der Waals surface area contributed by atoms with E-state index in [1.54, 1.807) is 0 Å². The van der Waals surface area contributed by atoms with Gasteiger partial charge in [0.1, 0.15) is 11.6 Å². The van der Waals surface area contributed by atoms with Crippen molar-refractivity contribution < 1.29 is 13.2 Å². The Bertz CT molecular complexity index is 525. The molecule has 0 atom stereocenters. The van der Waals surface area contributed by atoms with Gasteiger partial charge in [0.2, 0.25) is 5.89 Å². The van der Waals surface area contributed by atoms with Gasteiger partial charge in [-0.15, -0.1) is 11.6 Å². The SMILES string of the molecule is Cc1cc(F)c(-c2cnc(CCl)o2)cc1F. The monoisotopic (exact) mass is 243 g/mol. The van der Waals surface area contributed by atoms with Gasteiger partial charge in [-0.05, 0) is 24.6 Å². The average Bonchev–Trinajstić information content (AvgIpc) is 2.71. The molecule has 0 aliphatic carbocycles. The van der Waals surface area contributed by atoms with E-state index in [9.17, 15) is 8.78 Å². The van der Waals surface area contributed by atoms with Crippen LogP contribution in [-0.2, 0) is 5.88 Å². The predicted octanol–water partition coefficient (Wildman–Crippen LogP) is 3.67. The number of rotatable bonds is 2. The summed E-state index contributed by atoms with van der Waals surface area (Å²) in [6, 6.07) is 2.21. The molecule has 1 heterocycles. The fourth-order valence-corrected chi connectivity index (χ4v) is 1.46. The average molecular weight is 244 g/mol. The van der Waals surface area contributed by atoms with Crippen LogP contribution >= 0.6 is 11.6 Å². The minimum Gasteiger partial charge on any atom is -0.439 e. The molecule has 16 heavy (non-hydrogen) atoms. The van der Waals surface area contributed by atoms with Crippen LogP contribution in [-0.4, -0.2) is 4.98 Å². The van der Waals surface area contributed by atoms with E-state index in [4.69, 9.17) is 16.0 Å². The van der Waals surface area contributed by atoms with Gasteiger partial charge in [0.05, 0.1) is 17.6 Å². The molecule has 0 saturated heterocycles. The van der Waals surface area contributed by atoms with Crippen LogP contribution in [0.3, 0.4) is 0 Å². The van der Waals surface area contributed by atoms with Crippen molar-refractivity contribution in [3.63, 3.8) is 0 Å². The summed E-state index contributed by atoms with van der Waals surface area (Å²) in [6.45, 7) is 1.49. The largest absolute Gasteiger partial charge is 0.439 e. The summed E-state index contributed by atoms with van der Waals surface area (Å²) in [5, 5.41) is 0. The normalized spacial score (nSPS) is 10.8. The molecule has 2 rings (SSSR count). The third-order valence-corrected chi connectivity index (χ3v) is 2.41. The topological polar surface area (TPSA) is 26.0 Å². The third-order valence-electron chi connectivity index (χ3n) is 2.18. The molecule has 2 aromatic rings. The Morgan fingerprint density at radius 2 is 2.06 bits per heavy atom. The predicted molar refractivity (Wildman–Crippen MR) is 56.1 cm³/mol. The van der Waals surface area contributed by atoms with Gasteiger partial charge in [0, 0.05) is 0 Å². The first-order valence-electron chi connectivity index (χ1n) is 4.58. The Morgan fingerprint density at radius 3 is 2.69 bits per heavy atom. The molecule has 0 aliphatic heterocycles. The Labute approximate surface area is 95.9 Å². The highest BCUT2D eigenvalue weighted by atomic mass is 35.5. The number of oxazole rings is 1. The van der Waals surface area contributed by atoms with Crippen molar-refractivity contribution >= 4 is 11.6 Å². The lowest BCUT2D eigenvalue weighted by Gasteiger charge is -2.01. The number of aryl methyl sites for hydroxylation is 1. The van der Waals surface area contributed by atoms with Gasteiger partial charge in [-0.25, -0.2) is 13.8 Å². The van der Waals surface area contributed by atoms with Crippen molar-refractivity contribution in [1.82, 2.24) is 4.98 Å². The molecule has 0 unspecified atom stereocenters. The van der Waals surface area contributed by atoms with Crippen LogP contribution in [0.15, 0.2) is 22.7 Å². The molecule has 0 N–H and O–H groups in total. The number of nitrogens with zero attached hydrogens (tertiary/aromatic N) is 1. The number of alkyl halides is 1. The Morgan fingerprint density at radius 1 is 1.31 bits per heavy atom. The first kappa shape index (κ1) is 11.1. The van der Waals surface area contributed by atoms with Crippen LogP contribution in [0.1, 0.15) is 11.5 Å². The molecule has 0 fully saturated rings. The zero-order chi connectivity index (χ0) is 11.7. The van der Waals surface area contributed by atoms with E-state index in [1.807, 2.05) is 0 Å². The lowest BCUT2D eigenvalue weighted by Crippen LogP contribution is -1.89. The Balaban J connectivity index is 2.51. The second-order valence-electron chi connectivity index (χ2n) is 3.33. The fourth-order valence-electron chi connectivity index (χ4n) is 1.33. The molecule has 5 heteroatoms. The van der Waals surface area contributed by atoms with Crippen LogP contribution in [0, 0.1) is 18.6 Å². The van der Waals surface area contributed by atoms with Crippen molar-refractivity contribution in [2.75, 3.05) is 0 Å². The lowest BCUT2D eigenvalue weighted by atomic mass is 10.1. The first-order chi connectivity index (χ1) is 7.61. The smallest absolute Gasteiger partial charge is 0.209 e. The highest BCUT2D eigenvalue weighted by Gasteiger charge is 2.13. The summed E-state index contributed by atoms with van der Waals surface area (Å²) >= 11 is 5.50. The molecule has 84 valence electrons. The van der Waals surface area contributed by atoms with Gasteiger partial charge in [0.15, 0.2) is 5.76 Å². The zero-order valence-corrected chi connectivity index (χ0v) is 9.18. The maximum Gasteiger partial charge on any atom is 0.209 e. The van der Waals surface area contributed by atoms with Crippen LogP contribution in [0.25, 0.3) is 11.3 Å². The van der Waals surface area contributed by atoms with Gasteiger partial charge < -0.3 is 4.42 Å². The van der Waals surface area contributed by atoms with E-state index in [0.717, 1.165) is 12.1 Å². The first-order valence-corrected chi connectivity index (χ1v) is 5.12. The number of aromatic nitrogens is 1. The number of halogens is 3. The zero-order valence-electron chi connectivity index (χ0n) is 8.43. The van der Waals surface area contributed by atoms with Crippen molar-refractivity contribution in [3.05, 3.63) is 41.4 Å². The van der Waals surface area contributed by atoms with Gasteiger partial charge >= 0.3 is 0 Å². The maximum atomic E-state index is 13.5. The van der Waals surface area contributed by atoms with E-state index in [2.05, 4.69) is 4.98 Å². The second kappa shape index (κ2) is 4.22. The van der Waals surface area contributed by atoms with Gasteiger partial charge in [-0.2, -0.15) is 0 Å². The highest BCUT2D eigenvalue weighted by molar-refractivity contribution is 6.16. The molecule has 0 amide bonds. The Kier molecular flexibility index (Phi) is 2.92. The van der Waals surface area contributed by atoms with Gasteiger partial charge in [0.25, 0.3) is 0 Å². The van der Waals surface area contributed by atoms with Gasteiger partial charge in [-0.3, -0.25) is 0 Å². The number of benzene rings is 1. The molecule has 0 aliphatic rings. The van der Waals surface area contributed by atoms with Crippen molar-refractivity contribution in [2.24, 2.45) is 0 Å². The molecule has 1 aromatic heterocycles. The summed E-state index contributed by atoms with van der Waals surface area (Å²) in [4.78, 5) is 3.82. The summed E-state index contributed by atoms with van der Waals surface area (Å²) in [6.07, 6.45) is 1.32. The molecular formula is C11H8ClF2NO. The fraction of sp³-hybridized carbons (Fsp3) is 0.182. The van der Waals surface area contributed by atoms with E-state index >= 15 is 0 Å². The standard InChI is InChI=1S/C11H8ClF2NO/c1-6-2-9(14)7(3-8(6)13)10-5-15-11(4-12)16-10/h2-3,5H,4H2,1H3. The van der Waals surface area contributed by atoms with Gasteiger partial charge in [-0.1, -0.05) is 0 Å². The molecule has 0 saturated carbocycles. The van der Waals surface area contributed by atoms with Crippen molar-refractivity contribution in [3.8, 4) is 11.3 Å². The van der Waals surface area contributed by atoms with E-state index < -0.39 is 11.6 Å². The summed E-state index contributed by atoms with van der Waals surface area (Å²) in [5.74, 6) is -0.490. The van der Waals surface area contributed by atoms with Crippen LogP contribution in [0.5, 0.6) is 0 Å². The third kappa shape index (κ3) is 1.93. The lowest BCUT2D eigenvalue weighted by molar-refractivity contribution is 0.521. The summed E-state index contributed by atoms with van der Waals surface area (Å²) in [5.41, 5.74) is 0.297. The second-order valence-corrected chi connectivity index (χ2v) is 3.60. The summed E-state index contributed by atoms with van der Waals surface area (Å²) < 4.78 is 32.0. The molecular weight excluding hydrogens is 236 g/mol. The van der Waals surface area contributed by atoms with E-state index in [0.29, 0.717) is 0 Å². The molecule has 0 spiro atoms. The number of hydrogen-bond acceptors (Lipinski definition) is 2. The highest BCUT2D eigenvalue weighted by Crippen LogP contribution is 2.26. The molecule has 1 aromatic carbocycles.